The Hall–Kier alpha value is -2.77. The molecule has 0 radical (unpaired) electrons. The zero-order chi connectivity index (χ0) is 19.8. The number of carbonyl (C=O) groups is 1. The molecule has 2 aliphatic rings. The number of benzene rings is 1. The van der Waals surface area contributed by atoms with Crippen LogP contribution >= 0.6 is 11.6 Å². The molecule has 2 aromatic rings. The van der Waals surface area contributed by atoms with E-state index < -0.39 is 6.23 Å². The number of nitrogens with zero attached hydrogens (tertiary/aromatic N) is 2. The lowest BCUT2D eigenvalue weighted by Gasteiger charge is -2.32. The van der Waals surface area contributed by atoms with Gasteiger partial charge in [-0.1, -0.05) is 11.6 Å². The Morgan fingerprint density at radius 2 is 2.29 bits per heavy atom. The molecule has 0 saturated heterocycles. The van der Waals surface area contributed by atoms with Crippen molar-refractivity contribution in [1.82, 2.24) is 4.98 Å². The molecule has 28 heavy (non-hydrogen) atoms. The Bertz CT molecular complexity index is 962. The van der Waals surface area contributed by atoms with Gasteiger partial charge in [-0.3, -0.25) is 4.79 Å². The summed E-state index contributed by atoms with van der Waals surface area (Å²) in [7, 11) is 0. The number of ether oxygens (including phenoxy) is 1. The molecule has 4 rings (SSSR count). The van der Waals surface area contributed by atoms with Crippen LogP contribution in [0.4, 0.5) is 17.2 Å². The van der Waals surface area contributed by atoms with E-state index in [1.165, 1.54) is 6.92 Å². The van der Waals surface area contributed by atoms with E-state index in [0.717, 1.165) is 16.8 Å². The van der Waals surface area contributed by atoms with Crippen molar-refractivity contribution >= 4 is 40.8 Å². The third-order valence-electron chi connectivity index (χ3n) is 4.91. The van der Waals surface area contributed by atoms with Crippen molar-refractivity contribution in [3.05, 3.63) is 46.6 Å². The number of hydrogen-bond donors (Lipinski definition) is 3. The van der Waals surface area contributed by atoms with Crippen LogP contribution in [0.5, 0.6) is 5.75 Å². The number of amides is 1. The minimum atomic E-state index is -0.842. The fourth-order valence-electron chi connectivity index (χ4n) is 3.51. The number of nitrogens with one attached hydrogen (secondary N) is 2. The Morgan fingerprint density at radius 1 is 1.46 bits per heavy atom. The summed E-state index contributed by atoms with van der Waals surface area (Å²) >= 11 is 6.09. The quantitative estimate of drug-likeness (QED) is 0.734. The maximum absolute atomic E-state index is 11.9. The maximum Gasteiger partial charge on any atom is 0.224 e. The second-order valence-electron chi connectivity index (χ2n) is 6.82. The molecule has 1 unspecified atom stereocenters. The number of carbonyl (C=O) groups excluding carboxylic acids is 1. The van der Waals surface area contributed by atoms with E-state index in [-0.39, 0.29) is 11.9 Å². The Morgan fingerprint density at radius 3 is 3.07 bits per heavy atom. The first-order valence-electron chi connectivity index (χ1n) is 9.06. The summed E-state index contributed by atoms with van der Waals surface area (Å²) in [4.78, 5) is 17.9. The average molecular weight is 401 g/mol. The Balaban J connectivity index is 1.63. The van der Waals surface area contributed by atoms with E-state index in [1.54, 1.807) is 23.2 Å². The van der Waals surface area contributed by atoms with E-state index in [0.29, 0.717) is 35.4 Å². The highest BCUT2D eigenvalue weighted by molar-refractivity contribution is 6.30. The molecule has 7 nitrogen and oxygen atoms in total. The summed E-state index contributed by atoms with van der Waals surface area (Å²) in [6, 6.07) is 6.98. The third kappa shape index (κ3) is 3.39. The molecule has 8 heteroatoms. The van der Waals surface area contributed by atoms with Crippen molar-refractivity contribution in [2.24, 2.45) is 0 Å². The van der Waals surface area contributed by atoms with Crippen molar-refractivity contribution in [2.45, 2.75) is 26.1 Å². The topological polar surface area (TPSA) is 86.7 Å². The van der Waals surface area contributed by atoms with E-state index in [9.17, 15) is 9.90 Å². The lowest BCUT2D eigenvalue weighted by Crippen LogP contribution is -2.37. The highest BCUT2D eigenvalue weighted by Crippen LogP contribution is 2.38. The zero-order valence-electron chi connectivity index (χ0n) is 15.6. The number of aromatic nitrogens is 1. The van der Waals surface area contributed by atoms with Crippen molar-refractivity contribution < 1.29 is 14.6 Å². The number of halogens is 1. The largest absolute Gasteiger partial charge is 0.486 e. The number of aliphatic hydroxyl groups excluding tert-OH is 1. The Labute approximate surface area is 168 Å². The van der Waals surface area contributed by atoms with Crippen LogP contribution in [0.2, 0.25) is 5.02 Å². The molecule has 146 valence electrons. The molecular weight excluding hydrogens is 380 g/mol. The molecule has 1 aromatic heterocycles. The van der Waals surface area contributed by atoms with E-state index in [2.05, 4.69) is 15.6 Å². The minimum absolute atomic E-state index is 0.0437. The second-order valence-corrected chi connectivity index (χ2v) is 7.25. The summed E-state index contributed by atoms with van der Waals surface area (Å²) in [5.74, 6) is 1.02. The average Bonchev–Trinajstić information content (AvgIpc) is 2.67. The molecule has 0 fully saturated rings. The predicted octanol–water partition coefficient (Wildman–Crippen LogP) is 3.11. The van der Waals surface area contributed by atoms with Gasteiger partial charge in [-0.15, -0.1) is 0 Å². The molecule has 3 heterocycles. The molecule has 2 aliphatic heterocycles. The number of aliphatic hydroxyl groups is 1. The van der Waals surface area contributed by atoms with Gasteiger partial charge in [0.1, 0.15) is 12.8 Å². The van der Waals surface area contributed by atoms with E-state index in [1.807, 2.05) is 25.1 Å². The van der Waals surface area contributed by atoms with Crippen LogP contribution in [0.1, 0.15) is 19.4 Å². The smallest absolute Gasteiger partial charge is 0.224 e. The van der Waals surface area contributed by atoms with Gasteiger partial charge in [0, 0.05) is 29.4 Å². The second kappa shape index (κ2) is 7.33. The standard InChI is InChI=1S/C20H21ClN4O3/c1-11(15-10-13-9-14(21)3-4-16(13)24-20(15)27)23-19-18-17(5-6-22-19)25(12(2)26)7-8-28-18/h3-6,9-11,20,24,27H,7-8H2,1-2H3,(H,22,23)/t11-,20?/m0/s1. The molecule has 0 bridgehead atoms. The number of anilines is 3. The van der Waals surface area contributed by atoms with Gasteiger partial charge in [0.2, 0.25) is 5.91 Å². The third-order valence-corrected chi connectivity index (χ3v) is 5.15. The monoisotopic (exact) mass is 400 g/mol. The van der Waals surface area contributed by atoms with Crippen molar-refractivity contribution in [3.8, 4) is 5.75 Å². The highest BCUT2D eigenvalue weighted by Gasteiger charge is 2.27. The minimum Gasteiger partial charge on any atom is -0.486 e. The zero-order valence-corrected chi connectivity index (χ0v) is 16.3. The van der Waals surface area contributed by atoms with Crippen LogP contribution in [0, 0.1) is 0 Å². The van der Waals surface area contributed by atoms with Gasteiger partial charge in [-0.2, -0.15) is 0 Å². The fourth-order valence-corrected chi connectivity index (χ4v) is 3.69. The summed E-state index contributed by atoms with van der Waals surface area (Å²) in [6.07, 6.45) is 2.71. The molecule has 0 spiro atoms. The number of rotatable bonds is 3. The van der Waals surface area contributed by atoms with Gasteiger partial charge in [0.15, 0.2) is 11.6 Å². The SMILES string of the molecule is CC(=O)N1CCOc2c1ccnc2N[C@@H](C)C1=Cc2cc(Cl)ccc2NC1O. The maximum atomic E-state index is 11.9. The summed E-state index contributed by atoms with van der Waals surface area (Å²) in [6.45, 7) is 4.37. The van der Waals surface area contributed by atoms with Crippen molar-refractivity contribution in [2.75, 3.05) is 28.7 Å². The molecule has 0 saturated carbocycles. The first kappa shape index (κ1) is 18.6. The van der Waals surface area contributed by atoms with Crippen LogP contribution < -0.4 is 20.3 Å². The van der Waals surface area contributed by atoms with E-state index >= 15 is 0 Å². The lowest BCUT2D eigenvalue weighted by molar-refractivity contribution is -0.116. The molecule has 0 aliphatic carbocycles. The van der Waals surface area contributed by atoms with Gasteiger partial charge in [-0.05, 0) is 42.8 Å². The summed E-state index contributed by atoms with van der Waals surface area (Å²) in [5, 5.41) is 17.5. The Kier molecular flexibility index (Phi) is 4.87. The van der Waals surface area contributed by atoms with Crippen molar-refractivity contribution in [3.63, 3.8) is 0 Å². The molecular formula is C20H21ClN4O3. The highest BCUT2D eigenvalue weighted by atomic mass is 35.5. The molecule has 1 aromatic carbocycles. The summed E-state index contributed by atoms with van der Waals surface area (Å²) < 4.78 is 5.79. The van der Waals surface area contributed by atoms with E-state index in [4.69, 9.17) is 16.3 Å². The van der Waals surface area contributed by atoms with Crippen LogP contribution in [-0.4, -0.2) is 41.4 Å². The molecule has 3 N–H and O–H groups in total. The molecule has 2 atom stereocenters. The number of hydrogen-bond acceptors (Lipinski definition) is 6. The van der Waals surface area contributed by atoms with Crippen molar-refractivity contribution in [1.29, 1.82) is 0 Å². The predicted molar refractivity (Wildman–Crippen MR) is 110 cm³/mol. The van der Waals surface area contributed by atoms with Crippen LogP contribution in [0.15, 0.2) is 36.0 Å². The normalized spacial score (nSPS) is 18.8. The van der Waals surface area contributed by atoms with Crippen LogP contribution in [0.3, 0.4) is 0 Å². The van der Waals surface area contributed by atoms with Gasteiger partial charge < -0.3 is 25.4 Å². The number of fused-ring (bicyclic) bond motifs is 2. The van der Waals surface area contributed by atoms with Crippen LogP contribution in [-0.2, 0) is 4.79 Å². The lowest BCUT2D eigenvalue weighted by atomic mass is 9.98. The summed E-state index contributed by atoms with van der Waals surface area (Å²) in [5.41, 5.74) is 3.16. The molecule has 1 amide bonds. The number of pyridine rings is 1. The van der Waals surface area contributed by atoms with Gasteiger partial charge in [-0.25, -0.2) is 4.98 Å². The van der Waals surface area contributed by atoms with Crippen LogP contribution in [0.25, 0.3) is 6.08 Å². The fraction of sp³-hybridized carbons (Fsp3) is 0.300. The first-order valence-corrected chi connectivity index (χ1v) is 9.44. The van der Waals surface area contributed by atoms with Gasteiger partial charge >= 0.3 is 0 Å². The van der Waals surface area contributed by atoms with Gasteiger partial charge in [0.25, 0.3) is 0 Å². The first-order chi connectivity index (χ1) is 13.4. The van der Waals surface area contributed by atoms with Gasteiger partial charge in [0.05, 0.1) is 18.3 Å².